The minimum Gasteiger partial charge on any atom is -0.302 e. The zero-order valence-corrected chi connectivity index (χ0v) is 20.2. The highest BCUT2D eigenvalue weighted by molar-refractivity contribution is 7.17. The van der Waals surface area contributed by atoms with Gasteiger partial charge < -0.3 is 4.90 Å². The fraction of sp³-hybridized carbons (Fsp3) is 0. The van der Waals surface area contributed by atoms with Crippen LogP contribution in [0.2, 0.25) is 0 Å². The quantitative estimate of drug-likeness (QED) is 0.205. The van der Waals surface area contributed by atoms with E-state index in [0.29, 0.717) is 0 Å². The van der Waals surface area contributed by atoms with Crippen molar-refractivity contribution < 1.29 is 8.78 Å². The second-order valence-electron chi connectivity index (χ2n) is 8.14. The van der Waals surface area contributed by atoms with Crippen molar-refractivity contribution in [2.75, 3.05) is 4.90 Å². The first-order valence-corrected chi connectivity index (χ1v) is 12.4. The lowest BCUT2D eigenvalue weighted by atomic mass is 9.97. The van der Waals surface area contributed by atoms with Crippen LogP contribution in [0.1, 0.15) is 16.0 Å². The predicted molar refractivity (Wildman–Crippen MR) is 148 cm³/mol. The molecule has 0 fully saturated rings. The first-order valence-electron chi connectivity index (χ1n) is 11.6. The number of thiophene rings is 1. The van der Waals surface area contributed by atoms with Crippen LogP contribution in [0.15, 0.2) is 133 Å². The summed E-state index contributed by atoms with van der Waals surface area (Å²) in [5, 5.41) is 1.10. The topological polar surface area (TPSA) is 3.24 Å². The summed E-state index contributed by atoms with van der Waals surface area (Å²) in [4.78, 5) is 3.33. The molecular weight excluding hydrogens is 468 g/mol. The molecule has 0 aliphatic heterocycles. The van der Waals surface area contributed by atoms with E-state index < -0.39 is 0 Å². The molecule has 4 heteroatoms. The van der Waals surface area contributed by atoms with Crippen molar-refractivity contribution in [3.05, 3.63) is 161 Å². The molecule has 4 aromatic carbocycles. The Balaban J connectivity index is 1.46. The van der Waals surface area contributed by atoms with E-state index >= 15 is 0 Å². The van der Waals surface area contributed by atoms with E-state index in [0.717, 1.165) is 38.0 Å². The Bertz CT molecular complexity index is 1380. The molecule has 1 heterocycles. The summed E-state index contributed by atoms with van der Waals surface area (Å²) < 4.78 is 27.0. The van der Waals surface area contributed by atoms with E-state index in [9.17, 15) is 8.78 Å². The number of hydrogen-bond acceptors (Lipinski definition) is 2. The molecule has 36 heavy (non-hydrogen) atoms. The van der Waals surface area contributed by atoms with Gasteiger partial charge in [-0.3, -0.25) is 0 Å². The maximum atomic E-state index is 13.5. The van der Waals surface area contributed by atoms with Gasteiger partial charge in [0.05, 0.1) is 0 Å². The molecule has 0 N–H and O–H groups in total. The molecule has 0 aliphatic carbocycles. The summed E-state index contributed by atoms with van der Waals surface area (Å²) in [5.74, 6) is -0.583. The van der Waals surface area contributed by atoms with Gasteiger partial charge in [0.2, 0.25) is 0 Å². The van der Waals surface area contributed by atoms with E-state index in [1.165, 1.54) is 24.3 Å². The molecule has 0 saturated carbocycles. The zero-order chi connectivity index (χ0) is 24.7. The van der Waals surface area contributed by atoms with Crippen LogP contribution in [0.4, 0.5) is 25.2 Å². The SMILES string of the molecule is Fc1ccc(C(=C/C=C/c2ccc(N(c3ccccc3)c3ccccc3)s2)c2ccc(F)cc2)cc1. The zero-order valence-electron chi connectivity index (χ0n) is 19.4. The predicted octanol–water partition coefficient (Wildman–Crippen LogP) is 9.64. The number of rotatable bonds is 7. The number of para-hydroxylation sites is 2. The highest BCUT2D eigenvalue weighted by Crippen LogP contribution is 2.39. The van der Waals surface area contributed by atoms with Crippen LogP contribution < -0.4 is 4.90 Å². The molecule has 0 aliphatic rings. The Kier molecular flexibility index (Phi) is 7.15. The molecular formula is C32H23F2NS. The number of anilines is 3. The normalized spacial score (nSPS) is 10.9. The molecule has 0 atom stereocenters. The number of hydrogen-bond donors (Lipinski definition) is 0. The van der Waals surface area contributed by atoms with E-state index in [4.69, 9.17) is 0 Å². The molecule has 1 nitrogen and oxygen atoms in total. The fourth-order valence-electron chi connectivity index (χ4n) is 3.97. The van der Waals surface area contributed by atoms with Gasteiger partial charge in [0.1, 0.15) is 16.6 Å². The van der Waals surface area contributed by atoms with Crippen LogP contribution >= 0.6 is 11.3 Å². The van der Waals surface area contributed by atoms with Gasteiger partial charge in [-0.05, 0) is 83.4 Å². The standard InChI is InChI=1S/C32H23F2NS/c33-26-18-14-24(15-19-26)31(25-16-20-27(34)21-17-25)13-7-12-30-22-23-32(36-30)35(28-8-3-1-4-9-28)29-10-5-2-6-11-29/h1-23H/b12-7+. The van der Waals surface area contributed by atoms with Crippen molar-refractivity contribution in [2.24, 2.45) is 0 Å². The van der Waals surface area contributed by atoms with Crippen LogP contribution in [-0.4, -0.2) is 0 Å². The van der Waals surface area contributed by atoms with Gasteiger partial charge in [-0.2, -0.15) is 0 Å². The Labute approximate surface area is 213 Å². The molecule has 5 rings (SSSR count). The van der Waals surface area contributed by atoms with Gasteiger partial charge >= 0.3 is 0 Å². The molecule has 0 radical (unpaired) electrons. The summed E-state index contributed by atoms with van der Waals surface area (Å²) in [5.41, 5.74) is 4.79. The van der Waals surface area contributed by atoms with Crippen LogP contribution in [0.3, 0.4) is 0 Å². The summed E-state index contributed by atoms with van der Waals surface area (Å²) in [6, 6.07) is 37.5. The molecule has 0 bridgehead atoms. The van der Waals surface area contributed by atoms with Gasteiger partial charge in [0.15, 0.2) is 0 Å². The molecule has 0 spiro atoms. The van der Waals surface area contributed by atoms with Crippen molar-refractivity contribution in [3.63, 3.8) is 0 Å². The van der Waals surface area contributed by atoms with E-state index in [1.807, 2.05) is 48.6 Å². The van der Waals surface area contributed by atoms with Crippen molar-refractivity contribution in [1.29, 1.82) is 0 Å². The van der Waals surface area contributed by atoms with Crippen LogP contribution in [0.25, 0.3) is 11.6 Å². The second-order valence-corrected chi connectivity index (χ2v) is 9.23. The van der Waals surface area contributed by atoms with Crippen LogP contribution in [0.5, 0.6) is 0 Å². The molecule has 0 saturated heterocycles. The van der Waals surface area contributed by atoms with Crippen molar-refractivity contribution in [2.45, 2.75) is 0 Å². The minimum atomic E-state index is -0.291. The van der Waals surface area contributed by atoms with Gasteiger partial charge in [-0.25, -0.2) is 8.78 Å². The van der Waals surface area contributed by atoms with Crippen molar-refractivity contribution >= 4 is 39.4 Å². The molecule has 5 aromatic rings. The van der Waals surface area contributed by atoms with Crippen molar-refractivity contribution in [3.8, 4) is 0 Å². The lowest BCUT2D eigenvalue weighted by Crippen LogP contribution is -2.07. The summed E-state index contributed by atoms with van der Waals surface area (Å²) in [6.45, 7) is 0. The van der Waals surface area contributed by atoms with E-state index in [-0.39, 0.29) is 11.6 Å². The second kappa shape index (κ2) is 11.0. The maximum Gasteiger partial charge on any atom is 0.123 e. The Morgan fingerprint density at radius 1 is 0.583 bits per heavy atom. The number of halogens is 2. The highest BCUT2D eigenvalue weighted by Gasteiger charge is 2.13. The molecule has 0 amide bonds. The molecule has 0 unspecified atom stereocenters. The lowest BCUT2D eigenvalue weighted by molar-refractivity contribution is 0.627. The Morgan fingerprint density at radius 3 is 1.58 bits per heavy atom. The van der Waals surface area contributed by atoms with Gasteiger partial charge in [-0.15, -0.1) is 11.3 Å². The third-order valence-corrected chi connectivity index (χ3v) is 6.73. The average Bonchev–Trinajstić information content (AvgIpc) is 3.38. The van der Waals surface area contributed by atoms with Crippen LogP contribution in [0, 0.1) is 11.6 Å². The van der Waals surface area contributed by atoms with Gasteiger partial charge in [0, 0.05) is 16.3 Å². The third-order valence-electron chi connectivity index (χ3n) is 5.70. The first-order chi connectivity index (χ1) is 17.7. The fourth-order valence-corrected chi connectivity index (χ4v) is 4.93. The third kappa shape index (κ3) is 5.51. The smallest absolute Gasteiger partial charge is 0.123 e. The van der Waals surface area contributed by atoms with E-state index in [2.05, 4.69) is 47.4 Å². The van der Waals surface area contributed by atoms with Gasteiger partial charge in [-0.1, -0.05) is 72.8 Å². The average molecular weight is 492 g/mol. The monoisotopic (exact) mass is 491 g/mol. The summed E-state index contributed by atoms with van der Waals surface area (Å²) >= 11 is 1.69. The number of nitrogens with zero attached hydrogens (tertiary/aromatic N) is 1. The van der Waals surface area contributed by atoms with Crippen LogP contribution in [-0.2, 0) is 0 Å². The maximum absolute atomic E-state index is 13.5. The highest BCUT2D eigenvalue weighted by atomic mass is 32.1. The Morgan fingerprint density at radius 2 is 1.08 bits per heavy atom. The summed E-state index contributed by atoms with van der Waals surface area (Å²) in [7, 11) is 0. The first kappa shape index (κ1) is 23.5. The molecule has 1 aromatic heterocycles. The minimum absolute atomic E-state index is 0.291. The van der Waals surface area contributed by atoms with E-state index in [1.54, 1.807) is 35.6 Å². The number of benzene rings is 4. The van der Waals surface area contributed by atoms with Gasteiger partial charge in [0.25, 0.3) is 0 Å². The largest absolute Gasteiger partial charge is 0.302 e. The lowest BCUT2D eigenvalue weighted by Gasteiger charge is -2.23. The Hall–Kier alpha value is -4.28. The summed E-state index contributed by atoms with van der Waals surface area (Å²) in [6.07, 6.45) is 6.01. The molecule has 176 valence electrons. The number of allylic oxidation sites excluding steroid dienone is 2. The van der Waals surface area contributed by atoms with Crippen molar-refractivity contribution in [1.82, 2.24) is 0 Å².